The maximum absolute atomic E-state index is 5.68. The number of likely N-dealkylation sites (N-methyl/N-ethyl adjacent to an activating group) is 1. The van der Waals surface area contributed by atoms with Gasteiger partial charge in [-0.25, -0.2) is 0 Å². The fraction of sp³-hybridized carbons (Fsp3) is 0.769. The molecular weight excluding hydrogens is 214 g/mol. The van der Waals surface area contributed by atoms with Gasteiger partial charge in [0.1, 0.15) is 0 Å². The molecule has 2 atom stereocenters. The van der Waals surface area contributed by atoms with Crippen molar-refractivity contribution < 1.29 is 4.74 Å². The van der Waals surface area contributed by atoms with Crippen LogP contribution in [0.3, 0.4) is 0 Å². The number of aryl methyl sites for hydroxylation is 1. The standard InChI is InChI=1S/C13H25N3O/c1-6-13(3,17-5)12(14-7-2)10-11-8-9-16(4)15-11/h8-9,12,14H,6-7,10H2,1-5H3. The van der Waals surface area contributed by atoms with Crippen molar-refractivity contribution in [3.05, 3.63) is 18.0 Å². The number of rotatable bonds is 7. The molecule has 1 N–H and O–H groups in total. The van der Waals surface area contributed by atoms with Crippen LogP contribution in [0.15, 0.2) is 12.3 Å². The smallest absolute Gasteiger partial charge is 0.0804 e. The normalized spacial score (nSPS) is 16.8. The molecule has 0 bridgehead atoms. The van der Waals surface area contributed by atoms with Crippen molar-refractivity contribution in [3.8, 4) is 0 Å². The Bertz CT molecular complexity index is 331. The zero-order chi connectivity index (χ0) is 12.9. The second-order valence-corrected chi connectivity index (χ2v) is 4.67. The summed E-state index contributed by atoms with van der Waals surface area (Å²) in [6.45, 7) is 7.38. The molecule has 1 aromatic heterocycles. The lowest BCUT2D eigenvalue weighted by molar-refractivity contribution is -0.0286. The third-order valence-corrected chi connectivity index (χ3v) is 3.54. The Morgan fingerprint density at radius 3 is 2.65 bits per heavy atom. The van der Waals surface area contributed by atoms with Crippen molar-refractivity contribution in [2.75, 3.05) is 13.7 Å². The Morgan fingerprint density at radius 2 is 2.24 bits per heavy atom. The Hall–Kier alpha value is -0.870. The van der Waals surface area contributed by atoms with Crippen LogP contribution in [-0.4, -0.2) is 35.1 Å². The third kappa shape index (κ3) is 3.54. The van der Waals surface area contributed by atoms with E-state index in [9.17, 15) is 0 Å². The van der Waals surface area contributed by atoms with Gasteiger partial charge in [-0.15, -0.1) is 0 Å². The van der Waals surface area contributed by atoms with Crippen LogP contribution in [0.4, 0.5) is 0 Å². The van der Waals surface area contributed by atoms with Gasteiger partial charge in [0.15, 0.2) is 0 Å². The second kappa shape index (κ2) is 6.17. The van der Waals surface area contributed by atoms with E-state index in [1.54, 1.807) is 7.11 Å². The molecule has 98 valence electrons. The number of aromatic nitrogens is 2. The molecule has 0 aliphatic carbocycles. The summed E-state index contributed by atoms with van der Waals surface area (Å²) in [4.78, 5) is 0. The van der Waals surface area contributed by atoms with Crippen LogP contribution >= 0.6 is 0 Å². The number of nitrogens with one attached hydrogen (secondary N) is 1. The molecule has 0 fully saturated rings. The van der Waals surface area contributed by atoms with E-state index in [0.717, 1.165) is 25.1 Å². The molecule has 1 heterocycles. The summed E-state index contributed by atoms with van der Waals surface area (Å²) in [7, 11) is 3.73. The molecule has 2 unspecified atom stereocenters. The summed E-state index contributed by atoms with van der Waals surface area (Å²) in [5, 5.41) is 7.94. The van der Waals surface area contributed by atoms with Crippen LogP contribution < -0.4 is 5.32 Å². The molecule has 0 aliphatic rings. The Kier molecular flexibility index (Phi) is 5.15. The molecule has 0 aromatic carbocycles. The van der Waals surface area contributed by atoms with E-state index < -0.39 is 0 Å². The molecule has 4 heteroatoms. The highest BCUT2D eigenvalue weighted by Crippen LogP contribution is 2.21. The lowest BCUT2D eigenvalue weighted by Crippen LogP contribution is -2.51. The second-order valence-electron chi connectivity index (χ2n) is 4.67. The van der Waals surface area contributed by atoms with E-state index in [4.69, 9.17) is 4.74 Å². The lowest BCUT2D eigenvalue weighted by atomic mass is 9.89. The Labute approximate surface area is 104 Å². The van der Waals surface area contributed by atoms with Crippen molar-refractivity contribution in [2.24, 2.45) is 7.05 Å². The minimum Gasteiger partial charge on any atom is -0.377 e. The van der Waals surface area contributed by atoms with Gasteiger partial charge in [0.2, 0.25) is 0 Å². The first-order valence-electron chi connectivity index (χ1n) is 6.32. The van der Waals surface area contributed by atoms with Crippen molar-refractivity contribution in [2.45, 2.75) is 45.3 Å². The molecule has 17 heavy (non-hydrogen) atoms. The first-order chi connectivity index (χ1) is 8.05. The Balaban J connectivity index is 2.78. The molecule has 0 amide bonds. The predicted molar refractivity (Wildman–Crippen MR) is 70.1 cm³/mol. The van der Waals surface area contributed by atoms with Gasteiger partial charge in [0.05, 0.1) is 11.3 Å². The number of hydrogen-bond acceptors (Lipinski definition) is 3. The summed E-state index contributed by atoms with van der Waals surface area (Å²) >= 11 is 0. The topological polar surface area (TPSA) is 39.1 Å². The fourth-order valence-corrected chi connectivity index (χ4v) is 2.06. The Morgan fingerprint density at radius 1 is 1.53 bits per heavy atom. The number of ether oxygens (including phenoxy) is 1. The quantitative estimate of drug-likeness (QED) is 0.788. The highest BCUT2D eigenvalue weighted by molar-refractivity contribution is 5.05. The van der Waals surface area contributed by atoms with Crippen molar-refractivity contribution in [3.63, 3.8) is 0 Å². The minimum absolute atomic E-state index is 0.145. The molecular formula is C13H25N3O. The van der Waals surface area contributed by atoms with Crippen LogP contribution in [0.5, 0.6) is 0 Å². The molecule has 1 aromatic rings. The monoisotopic (exact) mass is 239 g/mol. The molecule has 1 rings (SSSR count). The molecule has 0 radical (unpaired) electrons. The average molecular weight is 239 g/mol. The number of nitrogens with zero attached hydrogens (tertiary/aromatic N) is 2. The minimum atomic E-state index is -0.145. The van der Waals surface area contributed by atoms with Crippen LogP contribution in [0.2, 0.25) is 0 Å². The zero-order valence-corrected chi connectivity index (χ0v) is 11.7. The van der Waals surface area contributed by atoms with Crippen LogP contribution in [0.1, 0.15) is 32.9 Å². The molecule has 0 saturated carbocycles. The maximum atomic E-state index is 5.68. The molecule has 0 saturated heterocycles. The molecule has 0 aliphatic heterocycles. The summed E-state index contributed by atoms with van der Waals surface area (Å²) in [6.07, 6.45) is 3.86. The number of methoxy groups -OCH3 is 1. The highest BCUT2D eigenvalue weighted by Gasteiger charge is 2.32. The summed E-state index contributed by atoms with van der Waals surface area (Å²) < 4.78 is 7.53. The SMILES string of the molecule is CCNC(Cc1ccn(C)n1)C(C)(CC)OC. The first kappa shape index (κ1) is 14.2. The molecule has 0 spiro atoms. The summed E-state index contributed by atoms with van der Waals surface area (Å²) in [5.74, 6) is 0. The van der Waals surface area contributed by atoms with Gasteiger partial charge in [-0.3, -0.25) is 4.68 Å². The number of hydrogen-bond donors (Lipinski definition) is 1. The van der Waals surface area contributed by atoms with E-state index in [0.29, 0.717) is 0 Å². The van der Waals surface area contributed by atoms with E-state index >= 15 is 0 Å². The van der Waals surface area contributed by atoms with Gasteiger partial charge in [0, 0.05) is 32.8 Å². The van der Waals surface area contributed by atoms with Crippen LogP contribution in [0, 0.1) is 0 Å². The summed E-state index contributed by atoms with van der Waals surface area (Å²) in [5.41, 5.74) is 0.961. The van der Waals surface area contributed by atoms with Crippen molar-refractivity contribution in [1.82, 2.24) is 15.1 Å². The van der Waals surface area contributed by atoms with Gasteiger partial charge in [0.25, 0.3) is 0 Å². The van der Waals surface area contributed by atoms with E-state index in [2.05, 4.69) is 37.3 Å². The van der Waals surface area contributed by atoms with Gasteiger partial charge < -0.3 is 10.1 Å². The van der Waals surface area contributed by atoms with Crippen LogP contribution in [-0.2, 0) is 18.2 Å². The third-order valence-electron chi connectivity index (χ3n) is 3.54. The summed E-state index contributed by atoms with van der Waals surface area (Å²) in [6, 6.07) is 2.35. The van der Waals surface area contributed by atoms with Gasteiger partial charge in [-0.05, 0) is 26.0 Å². The van der Waals surface area contributed by atoms with E-state index in [1.165, 1.54) is 0 Å². The first-order valence-corrected chi connectivity index (χ1v) is 6.32. The largest absolute Gasteiger partial charge is 0.377 e. The van der Waals surface area contributed by atoms with Gasteiger partial charge in [-0.2, -0.15) is 5.10 Å². The highest BCUT2D eigenvalue weighted by atomic mass is 16.5. The van der Waals surface area contributed by atoms with E-state index in [1.807, 2.05) is 17.9 Å². The van der Waals surface area contributed by atoms with Crippen molar-refractivity contribution >= 4 is 0 Å². The zero-order valence-electron chi connectivity index (χ0n) is 11.7. The predicted octanol–water partition coefficient (Wildman–Crippen LogP) is 1.76. The maximum Gasteiger partial charge on any atom is 0.0804 e. The van der Waals surface area contributed by atoms with Crippen molar-refractivity contribution in [1.29, 1.82) is 0 Å². The fourth-order valence-electron chi connectivity index (χ4n) is 2.06. The van der Waals surface area contributed by atoms with Crippen LogP contribution in [0.25, 0.3) is 0 Å². The lowest BCUT2D eigenvalue weighted by Gasteiger charge is -2.36. The average Bonchev–Trinajstić information content (AvgIpc) is 2.73. The van der Waals surface area contributed by atoms with Gasteiger partial charge >= 0.3 is 0 Å². The molecule has 4 nitrogen and oxygen atoms in total. The van der Waals surface area contributed by atoms with Gasteiger partial charge in [-0.1, -0.05) is 13.8 Å². The van der Waals surface area contributed by atoms with E-state index in [-0.39, 0.29) is 11.6 Å².